The molecule has 0 spiro atoms. The third-order valence-corrected chi connectivity index (χ3v) is 3.64. The molecule has 1 aromatic carbocycles. The van der Waals surface area contributed by atoms with Crippen LogP contribution in [-0.2, 0) is 0 Å². The van der Waals surface area contributed by atoms with Gasteiger partial charge in [-0.2, -0.15) is 0 Å². The highest BCUT2D eigenvalue weighted by Crippen LogP contribution is 2.24. The molecule has 1 saturated heterocycles. The van der Waals surface area contributed by atoms with Gasteiger partial charge in [-0.3, -0.25) is 0 Å². The Morgan fingerprint density at radius 1 is 1.50 bits per heavy atom. The van der Waals surface area contributed by atoms with Gasteiger partial charge < -0.3 is 10.2 Å². The molecule has 1 aliphatic rings. The zero-order valence-electron chi connectivity index (χ0n) is 10.9. The zero-order valence-corrected chi connectivity index (χ0v) is 11.6. The number of urea groups is 1. The number of likely N-dealkylation sites (tertiary alicyclic amines) is 1. The first-order valence-corrected chi connectivity index (χ1v) is 6.76. The minimum absolute atomic E-state index is 0.0472. The van der Waals surface area contributed by atoms with E-state index in [4.69, 9.17) is 11.6 Å². The molecule has 2 amide bonds. The monoisotopic (exact) mass is 266 g/mol. The lowest BCUT2D eigenvalue weighted by molar-refractivity contribution is 0.182. The van der Waals surface area contributed by atoms with E-state index in [2.05, 4.69) is 12.2 Å². The topological polar surface area (TPSA) is 32.3 Å². The largest absolute Gasteiger partial charge is 0.324 e. The number of aryl methyl sites for hydroxylation is 1. The molecule has 18 heavy (non-hydrogen) atoms. The standard InChI is InChI=1S/C14H19ClN2O/c1-10-5-6-12(15)13(8-10)16-14(18)17-7-3-4-11(2)9-17/h5-6,8,11H,3-4,7,9H2,1-2H3,(H,16,18). The van der Waals surface area contributed by atoms with Gasteiger partial charge in [-0.05, 0) is 43.4 Å². The SMILES string of the molecule is Cc1ccc(Cl)c(NC(=O)N2CCCC(C)C2)c1. The van der Waals surface area contributed by atoms with E-state index in [1.165, 1.54) is 6.42 Å². The first-order valence-electron chi connectivity index (χ1n) is 6.38. The van der Waals surface area contributed by atoms with E-state index >= 15 is 0 Å². The van der Waals surface area contributed by atoms with Crippen molar-refractivity contribution in [1.82, 2.24) is 4.90 Å². The fourth-order valence-corrected chi connectivity index (χ4v) is 2.47. The summed E-state index contributed by atoms with van der Waals surface area (Å²) in [6.45, 7) is 5.82. The summed E-state index contributed by atoms with van der Waals surface area (Å²) in [5.74, 6) is 0.581. The van der Waals surface area contributed by atoms with Gasteiger partial charge in [0, 0.05) is 13.1 Å². The lowest BCUT2D eigenvalue weighted by Gasteiger charge is -2.31. The van der Waals surface area contributed by atoms with Gasteiger partial charge in [-0.25, -0.2) is 4.79 Å². The molecule has 1 aromatic rings. The Bertz CT molecular complexity index is 447. The maximum Gasteiger partial charge on any atom is 0.321 e. The van der Waals surface area contributed by atoms with E-state index in [9.17, 15) is 4.79 Å². The minimum atomic E-state index is -0.0472. The molecule has 3 nitrogen and oxygen atoms in total. The van der Waals surface area contributed by atoms with E-state index in [0.29, 0.717) is 16.6 Å². The summed E-state index contributed by atoms with van der Waals surface area (Å²) >= 11 is 6.07. The maximum absolute atomic E-state index is 12.1. The molecule has 0 saturated carbocycles. The Morgan fingerprint density at radius 3 is 3.00 bits per heavy atom. The highest BCUT2D eigenvalue weighted by molar-refractivity contribution is 6.33. The van der Waals surface area contributed by atoms with Crippen molar-refractivity contribution in [2.75, 3.05) is 18.4 Å². The number of benzene rings is 1. The van der Waals surface area contributed by atoms with Gasteiger partial charge in [0.05, 0.1) is 10.7 Å². The highest BCUT2D eigenvalue weighted by Gasteiger charge is 2.21. The van der Waals surface area contributed by atoms with Crippen LogP contribution in [0.1, 0.15) is 25.3 Å². The van der Waals surface area contributed by atoms with E-state index in [1.54, 1.807) is 0 Å². The first kappa shape index (κ1) is 13.2. The van der Waals surface area contributed by atoms with Gasteiger partial charge in [0.1, 0.15) is 0 Å². The Balaban J connectivity index is 2.04. The van der Waals surface area contributed by atoms with E-state index in [-0.39, 0.29) is 6.03 Å². The predicted octanol–water partition coefficient (Wildman–Crippen LogP) is 3.91. The Kier molecular flexibility index (Phi) is 4.12. The van der Waals surface area contributed by atoms with Gasteiger partial charge in [-0.1, -0.05) is 24.6 Å². The number of hydrogen-bond acceptors (Lipinski definition) is 1. The average molecular weight is 267 g/mol. The summed E-state index contributed by atoms with van der Waals surface area (Å²) in [6.07, 6.45) is 2.28. The van der Waals surface area contributed by atoms with E-state index < -0.39 is 0 Å². The van der Waals surface area contributed by atoms with Crippen molar-refractivity contribution >= 4 is 23.3 Å². The van der Waals surface area contributed by atoms with Crippen LogP contribution in [0.5, 0.6) is 0 Å². The molecule has 1 unspecified atom stereocenters. The smallest absolute Gasteiger partial charge is 0.321 e. The van der Waals surface area contributed by atoms with Crippen LogP contribution in [0.4, 0.5) is 10.5 Å². The molecular weight excluding hydrogens is 248 g/mol. The van der Waals surface area contributed by atoms with Gasteiger partial charge in [0.15, 0.2) is 0 Å². The molecule has 0 aromatic heterocycles. The van der Waals surface area contributed by atoms with Gasteiger partial charge in [0.25, 0.3) is 0 Å². The van der Waals surface area contributed by atoms with E-state index in [0.717, 1.165) is 25.1 Å². The number of piperidine rings is 1. The number of halogens is 1. The van der Waals surface area contributed by atoms with Crippen molar-refractivity contribution in [3.63, 3.8) is 0 Å². The van der Waals surface area contributed by atoms with Gasteiger partial charge >= 0.3 is 6.03 Å². The number of hydrogen-bond donors (Lipinski definition) is 1. The van der Waals surface area contributed by atoms with Crippen LogP contribution in [0.15, 0.2) is 18.2 Å². The fraction of sp³-hybridized carbons (Fsp3) is 0.500. The molecule has 1 heterocycles. The summed E-state index contributed by atoms with van der Waals surface area (Å²) in [5, 5.41) is 3.48. The first-order chi connectivity index (χ1) is 8.56. The summed E-state index contributed by atoms with van der Waals surface area (Å²) in [5.41, 5.74) is 1.78. The van der Waals surface area contributed by atoms with Gasteiger partial charge in [-0.15, -0.1) is 0 Å². The van der Waals surface area contributed by atoms with Crippen molar-refractivity contribution in [2.24, 2.45) is 5.92 Å². The second-order valence-electron chi connectivity index (χ2n) is 5.11. The summed E-state index contributed by atoms with van der Waals surface area (Å²) in [6, 6.07) is 5.59. The molecule has 1 N–H and O–H groups in total. The van der Waals surface area contributed by atoms with Crippen molar-refractivity contribution in [3.05, 3.63) is 28.8 Å². The van der Waals surface area contributed by atoms with Crippen LogP contribution >= 0.6 is 11.6 Å². The average Bonchev–Trinajstić information content (AvgIpc) is 2.34. The van der Waals surface area contributed by atoms with Crippen molar-refractivity contribution < 1.29 is 4.79 Å². The molecule has 0 bridgehead atoms. The number of carbonyl (C=O) groups is 1. The Labute approximate surface area is 113 Å². The maximum atomic E-state index is 12.1. The number of rotatable bonds is 1. The lowest BCUT2D eigenvalue weighted by atomic mass is 10.0. The molecule has 98 valence electrons. The molecule has 2 rings (SSSR count). The van der Waals surface area contributed by atoms with Crippen LogP contribution in [0.25, 0.3) is 0 Å². The molecule has 0 radical (unpaired) electrons. The van der Waals surface area contributed by atoms with Crippen LogP contribution in [0.3, 0.4) is 0 Å². The second kappa shape index (κ2) is 5.61. The fourth-order valence-electron chi connectivity index (χ4n) is 2.30. The van der Waals surface area contributed by atoms with Crippen LogP contribution in [0, 0.1) is 12.8 Å². The summed E-state index contributed by atoms with van der Waals surface area (Å²) in [7, 11) is 0. The van der Waals surface area contributed by atoms with Crippen LogP contribution in [-0.4, -0.2) is 24.0 Å². The third-order valence-electron chi connectivity index (χ3n) is 3.31. The van der Waals surface area contributed by atoms with Gasteiger partial charge in [0.2, 0.25) is 0 Å². The number of nitrogens with one attached hydrogen (secondary N) is 1. The Morgan fingerprint density at radius 2 is 2.28 bits per heavy atom. The number of nitrogens with zero attached hydrogens (tertiary/aromatic N) is 1. The molecule has 0 aliphatic carbocycles. The number of anilines is 1. The number of amides is 2. The molecular formula is C14H19ClN2O. The lowest BCUT2D eigenvalue weighted by Crippen LogP contribution is -2.41. The van der Waals surface area contributed by atoms with Crippen molar-refractivity contribution in [2.45, 2.75) is 26.7 Å². The predicted molar refractivity (Wildman–Crippen MR) is 75.2 cm³/mol. The molecule has 1 atom stereocenters. The number of carbonyl (C=O) groups excluding carboxylic acids is 1. The van der Waals surface area contributed by atoms with Crippen molar-refractivity contribution in [3.8, 4) is 0 Å². The Hall–Kier alpha value is -1.22. The highest BCUT2D eigenvalue weighted by atomic mass is 35.5. The normalized spacial score (nSPS) is 19.7. The molecule has 1 aliphatic heterocycles. The molecule has 4 heteroatoms. The van der Waals surface area contributed by atoms with Crippen LogP contribution in [0.2, 0.25) is 5.02 Å². The molecule has 1 fully saturated rings. The summed E-state index contributed by atoms with van der Waals surface area (Å²) in [4.78, 5) is 14.0. The second-order valence-corrected chi connectivity index (χ2v) is 5.51. The quantitative estimate of drug-likeness (QED) is 0.821. The van der Waals surface area contributed by atoms with E-state index in [1.807, 2.05) is 30.0 Å². The zero-order chi connectivity index (χ0) is 13.1. The van der Waals surface area contributed by atoms with Crippen LogP contribution < -0.4 is 5.32 Å². The summed E-state index contributed by atoms with van der Waals surface area (Å²) < 4.78 is 0. The minimum Gasteiger partial charge on any atom is -0.324 e. The van der Waals surface area contributed by atoms with Crippen molar-refractivity contribution in [1.29, 1.82) is 0 Å². The third kappa shape index (κ3) is 3.16.